The maximum absolute atomic E-state index is 7.69. The van der Waals surface area contributed by atoms with E-state index in [0.717, 1.165) is 22.7 Å². The summed E-state index contributed by atoms with van der Waals surface area (Å²) < 4.78 is 0. The van der Waals surface area contributed by atoms with Crippen molar-refractivity contribution in [2.24, 2.45) is 4.99 Å². The molecule has 1 aliphatic heterocycles. The standard InChI is InChI=1S/C15H21N3S/c1-5-12(4)14(19-10-11(2)3)13(9-16)15-17-7-6-8-18-15/h6-10,16-17H,5H2,1-4H3/b14-12-,15-13-,16-9?. The van der Waals surface area contributed by atoms with Crippen LogP contribution in [0.4, 0.5) is 0 Å². The second-order valence-electron chi connectivity index (χ2n) is 4.46. The van der Waals surface area contributed by atoms with E-state index in [4.69, 9.17) is 5.41 Å². The number of rotatable bonds is 5. The van der Waals surface area contributed by atoms with Gasteiger partial charge < -0.3 is 10.7 Å². The minimum Gasteiger partial charge on any atom is -0.346 e. The van der Waals surface area contributed by atoms with Crippen molar-refractivity contribution >= 4 is 24.2 Å². The van der Waals surface area contributed by atoms with Gasteiger partial charge in [-0.2, -0.15) is 0 Å². The summed E-state index contributed by atoms with van der Waals surface area (Å²) in [6, 6.07) is 0. The van der Waals surface area contributed by atoms with Crippen LogP contribution in [0.3, 0.4) is 0 Å². The van der Waals surface area contributed by atoms with Crippen LogP contribution in [0.5, 0.6) is 0 Å². The van der Waals surface area contributed by atoms with Gasteiger partial charge in [0.2, 0.25) is 0 Å². The van der Waals surface area contributed by atoms with E-state index in [9.17, 15) is 0 Å². The molecule has 0 aromatic rings. The molecular weight excluding hydrogens is 254 g/mol. The van der Waals surface area contributed by atoms with Gasteiger partial charge in [0.05, 0.1) is 0 Å². The van der Waals surface area contributed by atoms with Crippen molar-refractivity contribution in [1.82, 2.24) is 5.32 Å². The van der Waals surface area contributed by atoms with Crippen LogP contribution in [0.15, 0.2) is 50.1 Å². The largest absolute Gasteiger partial charge is 0.346 e. The van der Waals surface area contributed by atoms with Gasteiger partial charge in [0.1, 0.15) is 5.82 Å². The first-order valence-electron chi connectivity index (χ1n) is 6.30. The molecule has 102 valence electrons. The van der Waals surface area contributed by atoms with Crippen molar-refractivity contribution in [1.29, 1.82) is 5.41 Å². The Morgan fingerprint density at radius 3 is 2.63 bits per heavy atom. The molecule has 2 N–H and O–H groups in total. The summed E-state index contributed by atoms with van der Waals surface area (Å²) in [4.78, 5) is 5.41. The average molecular weight is 275 g/mol. The number of nitrogens with one attached hydrogen (secondary N) is 2. The van der Waals surface area contributed by atoms with Gasteiger partial charge in [-0.3, -0.25) is 0 Å². The maximum atomic E-state index is 7.69. The quantitative estimate of drug-likeness (QED) is 0.732. The monoisotopic (exact) mass is 275 g/mol. The Morgan fingerprint density at radius 2 is 2.16 bits per heavy atom. The van der Waals surface area contributed by atoms with Gasteiger partial charge in [-0.25, -0.2) is 4.99 Å². The lowest BCUT2D eigenvalue weighted by Crippen LogP contribution is -2.11. The Hall–Kier alpha value is -1.55. The molecule has 0 atom stereocenters. The highest BCUT2D eigenvalue weighted by Crippen LogP contribution is 2.31. The third-order valence-electron chi connectivity index (χ3n) is 2.58. The van der Waals surface area contributed by atoms with Crippen LogP contribution < -0.4 is 5.32 Å². The van der Waals surface area contributed by atoms with Crippen molar-refractivity contribution in [3.63, 3.8) is 0 Å². The SMILES string of the molecule is CC/C(C)=C(SC=C(C)C)/C(C=N)=C1\N=CC=CN1. The lowest BCUT2D eigenvalue weighted by Gasteiger charge is -2.14. The van der Waals surface area contributed by atoms with Crippen molar-refractivity contribution in [2.75, 3.05) is 0 Å². The Balaban J connectivity index is 3.22. The molecule has 0 aliphatic carbocycles. The topological polar surface area (TPSA) is 48.2 Å². The fourth-order valence-corrected chi connectivity index (χ4v) is 2.43. The van der Waals surface area contributed by atoms with Gasteiger partial charge in [0, 0.05) is 29.1 Å². The number of hydrogen-bond donors (Lipinski definition) is 2. The molecule has 0 radical (unpaired) electrons. The molecule has 0 unspecified atom stereocenters. The van der Waals surface area contributed by atoms with Crippen molar-refractivity contribution < 1.29 is 0 Å². The molecule has 0 aromatic heterocycles. The first-order chi connectivity index (χ1) is 9.10. The summed E-state index contributed by atoms with van der Waals surface area (Å²) in [5, 5.41) is 12.9. The lowest BCUT2D eigenvalue weighted by molar-refractivity contribution is 1.00. The molecule has 0 spiro atoms. The predicted octanol–water partition coefficient (Wildman–Crippen LogP) is 4.38. The molecule has 1 aliphatic rings. The number of hydrogen-bond acceptors (Lipinski definition) is 4. The average Bonchev–Trinajstić information content (AvgIpc) is 2.43. The third kappa shape index (κ3) is 4.56. The van der Waals surface area contributed by atoms with Crippen LogP contribution >= 0.6 is 11.8 Å². The van der Waals surface area contributed by atoms with Gasteiger partial charge >= 0.3 is 0 Å². The molecule has 4 heteroatoms. The molecule has 1 heterocycles. The number of aliphatic imine (C=N–C) groups is 1. The highest BCUT2D eigenvalue weighted by molar-refractivity contribution is 8.06. The maximum Gasteiger partial charge on any atom is 0.139 e. The van der Waals surface area contributed by atoms with Gasteiger partial charge in [-0.15, -0.1) is 0 Å². The lowest BCUT2D eigenvalue weighted by atomic mass is 10.1. The van der Waals surface area contributed by atoms with E-state index in [2.05, 4.69) is 43.4 Å². The molecule has 0 amide bonds. The highest BCUT2D eigenvalue weighted by Gasteiger charge is 2.12. The van der Waals surface area contributed by atoms with Gasteiger partial charge in [0.15, 0.2) is 0 Å². The van der Waals surface area contributed by atoms with E-state index in [1.54, 1.807) is 18.0 Å². The second-order valence-corrected chi connectivity index (χ2v) is 5.34. The zero-order chi connectivity index (χ0) is 14.3. The first kappa shape index (κ1) is 15.5. The van der Waals surface area contributed by atoms with E-state index in [0.29, 0.717) is 0 Å². The molecule has 1 rings (SSSR count). The van der Waals surface area contributed by atoms with E-state index in [-0.39, 0.29) is 0 Å². The summed E-state index contributed by atoms with van der Waals surface area (Å²) in [6.07, 6.45) is 7.74. The highest BCUT2D eigenvalue weighted by atomic mass is 32.2. The summed E-state index contributed by atoms with van der Waals surface area (Å²) in [5.74, 6) is 0.731. The summed E-state index contributed by atoms with van der Waals surface area (Å²) in [5.41, 5.74) is 3.35. The van der Waals surface area contributed by atoms with Crippen LogP contribution in [0.1, 0.15) is 34.1 Å². The molecule has 0 bridgehead atoms. The molecular formula is C15H21N3S. The summed E-state index contributed by atoms with van der Waals surface area (Å²) in [6.45, 7) is 8.38. The Bertz CT molecular complexity index is 490. The van der Waals surface area contributed by atoms with Crippen LogP contribution in [0.2, 0.25) is 0 Å². The Morgan fingerprint density at radius 1 is 1.42 bits per heavy atom. The van der Waals surface area contributed by atoms with Gasteiger partial charge in [-0.1, -0.05) is 29.8 Å². The van der Waals surface area contributed by atoms with Crippen molar-refractivity contribution in [3.05, 3.63) is 45.1 Å². The molecule has 19 heavy (non-hydrogen) atoms. The van der Waals surface area contributed by atoms with E-state index < -0.39 is 0 Å². The first-order valence-corrected chi connectivity index (χ1v) is 7.18. The smallest absolute Gasteiger partial charge is 0.139 e. The van der Waals surface area contributed by atoms with Crippen LogP contribution in [0.25, 0.3) is 0 Å². The number of nitrogens with zero attached hydrogens (tertiary/aromatic N) is 1. The Labute approximate surface area is 119 Å². The molecule has 0 aromatic carbocycles. The normalized spacial score (nSPS) is 17.5. The summed E-state index contributed by atoms with van der Waals surface area (Å²) >= 11 is 1.66. The molecule has 3 nitrogen and oxygen atoms in total. The predicted molar refractivity (Wildman–Crippen MR) is 86.6 cm³/mol. The minimum absolute atomic E-state index is 0.731. The fourth-order valence-electron chi connectivity index (χ4n) is 1.44. The van der Waals surface area contributed by atoms with Crippen molar-refractivity contribution in [2.45, 2.75) is 34.1 Å². The molecule has 0 saturated carbocycles. The van der Waals surface area contributed by atoms with Crippen LogP contribution in [-0.2, 0) is 0 Å². The second kappa shape index (κ2) is 7.79. The van der Waals surface area contributed by atoms with Gasteiger partial charge in [0.25, 0.3) is 0 Å². The zero-order valence-electron chi connectivity index (χ0n) is 11.9. The Kier molecular flexibility index (Phi) is 6.36. The van der Waals surface area contributed by atoms with E-state index in [1.807, 2.05) is 12.3 Å². The summed E-state index contributed by atoms with van der Waals surface area (Å²) in [7, 11) is 0. The molecule has 0 fully saturated rings. The third-order valence-corrected chi connectivity index (χ3v) is 3.97. The van der Waals surface area contributed by atoms with Gasteiger partial charge in [-0.05, 0) is 38.7 Å². The molecule has 0 saturated heterocycles. The zero-order valence-corrected chi connectivity index (χ0v) is 12.8. The van der Waals surface area contributed by atoms with E-state index in [1.165, 1.54) is 17.4 Å². The number of thioether (sulfide) groups is 1. The number of allylic oxidation sites excluding steroid dienone is 4. The van der Waals surface area contributed by atoms with Crippen molar-refractivity contribution in [3.8, 4) is 0 Å². The van der Waals surface area contributed by atoms with Crippen LogP contribution in [-0.4, -0.2) is 12.4 Å². The van der Waals surface area contributed by atoms with Crippen LogP contribution in [0, 0.1) is 5.41 Å². The minimum atomic E-state index is 0.731. The van der Waals surface area contributed by atoms with E-state index >= 15 is 0 Å². The fraction of sp³-hybridized carbons (Fsp3) is 0.333.